The van der Waals surface area contributed by atoms with Crippen LogP contribution in [0.2, 0.25) is 0 Å². The van der Waals surface area contributed by atoms with Gasteiger partial charge in [-0.15, -0.1) is 0 Å². The van der Waals surface area contributed by atoms with Gasteiger partial charge in [-0.05, 0) is 20.0 Å². The summed E-state index contributed by atoms with van der Waals surface area (Å²) in [7, 11) is 5.54. The number of hydrogen-bond donors (Lipinski definition) is 1. The second-order valence-electron chi connectivity index (χ2n) is 2.15. The van der Waals surface area contributed by atoms with E-state index in [2.05, 4.69) is 24.2 Å². The molecule has 0 radical (unpaired) electrons. The summed E-state index contributed by atoms with van der Waals surface area (Å²) in [6.07, 6.45) is 1.92. The molecule has 0 fully saturated rings. The van der Waals surface area contributed by atoms with Crippen LogP contribution < -0.4 is 5.32 Å². The molecule has 0 aromatic carbocycles. The molecular formula is C9H24N2. The third kappa shape index (κ3) is 81.1. The van der Waals surface area contributed by atoms with Gasteiger partial charge in [0.05, 0.1) is 0 Å². The molecule has 0 bridgehead atoms. The molecule has 0 amide bonds. The van der Waals surface area contributed by atoms with Crippen LogP contribution in [0.15, 0.2) is 4.99 Å². The third-order valence-corrected chi connectivity index (χ3v) is 0.447. The molecule has 0 unspecified atom stereocenters. The van der Waals surface area contributed by atoms with Crippen molar-refractivity contribution in [2.75, 3.05) is 21.1 Å². The van der Waals surface area contributed by atoms with Gasteiger partial charge in [0.25, 0.3) is 0 Å². The van der Waals surface area contributed by atoms with Crippen LogP contribution in [0.5, 0.6) is 0 Å². The van der Waals surface area contributed by atoms with Crippen LogP contribution >= 0.6 is 0 Å². The first-order chi connectivity index (χ1) is 5.18. The molecule has 0 aliphatic heterocycles. The molecule has 1 N–H and O–H groups in total. The molecule has 0 rings (SSSR count). The molecular weight excluding hydrogens is 136 g/mol. The van der Waals surface area contributed by atoms with E-state index < -0.39 is 0 Å². The van der Waals surface area contributed by atoms with E-state index in [0.29, 0.717) is 5.92 Å². The number of nitrogens with zero attached hydrogens (tertiary/aromatic N) is 1. The first kappa shape index (κ1) is 16.9. The second kappa shape index (κ2) is 22.6. The van der Waals surface area contributed by atoms with Gasteiger partial charge in [0.1, 0.15) is 0 Å². The van der Waals surface area contributed by atoms with Gasteiger partial charge in [-0.3, -0.25) is 0 Å². The predicted molar refractivity (Wildman–Crippen MR) is 55.6 cm³/mol. The highest BCUT2D eigenvalue weighted by molar-refractivity contribution is 5.59. The molecule has 0 aromatic rings. The number of rotatable bonds is 1. The van der Waals surface area contributed by atoms with Crippen molar-refractivity contribution < 1.29 is 0 Å². The summed E-state index contributed by atoms with van der Waals surface area (Å²) < 4.78 is 0. The smallest absolute Gasteiger partial charge is 0.0273 e. The summed E-state index contributed by atoms with van der Waals surface area (Å²) in [5, 5.41) is 2.75. The summed E-state index contributed by atoms with van der Waals surface area (Å²) >= 11 is 0. The highest BCUT2D eigenvalue weighted by atomic mass is 14.7. The van der Waals surface area contributed by atoms with E-state index in [4.69, 9.17) is 0 Å². The van der Waals surface area contributed by atoms with Gasteiger partial charge in [0.2, 0.25) is 0 Å². The van der Waals surface area contributed by atoms with Crippen molar-refractivity contribution in [1.82, 2.24) is 5.32 Å². The van der Waals surface area contributed by atoms with Crippen molar-refractivity contribution in [2.24, 2.45) is 10.9 Å². The predicted octanol–water partition coefficient (Wildman–Crippen LogP) is 2.20. The Morgan fingerprint density at radius 2 is 1.45 bits per heavy atom. The maximum atomic E-state index is 3.81. The van der Waals surface area contributed by atoms with Crippen molar-refractivity contribution in [3.8, 4) is 0 Å². The lowest BCUT2D eigenvalue weighted by Gasteiger charge is -1.85. The van der Waals surface area contributed by atoms with Gasteiger partial charge in [-0.2, -0.15) is 0 Å². The van der Waals surface area contributed by atoms with Gasteiger partial charge in [0, 0.05) is 13.3 Å². The Morgan fingerprint density at radius 1 is 1.18 bits per heavy atom. The summed E-state index contributed by atoms with van der Waals surface area (Å²) in [5.74, 6) is 0.606. The summed E-state index contributed by atoms with van der Waals surface area (Å²) in [6, 6.07) is 0. The summed E-state index contributed by atoms with van der Waals surface area (Å²) in [6.45, 7) is 8.21. The highest BCUT2D eigenvalue weighted by Gasteiger charge is 1.78. The molecule has 0 spiro atoms. The van der Waals surface area contributed by atoms with Crippen molar-refractivity contribution in [3.63, 3.8) is 0 Å². The van der Waals surface area contributed by atoms with E-state index in [0.717, 1.165) is 0 Å². The molecule has 11 heavy (non-hydrogen) atoms. The van der Waals surface area contributed by atoms with E-state index in [1.54, 1.807) is 7.05 Å². The quantitative estimate of drug-likeness (QED) is 0.584. The lowest BCUT2D eigenvalue weighted by molar-refractivity contribution is 0.905. The molecule has 0 heterocycles. The molecule has 0 atom stereocenters. The van der Waals surface area contributed by atoms with E-state index in [1.807, 2.05) is 34.2 Å². The van der Waals surface area contributed by atoms with Crippen LogP contribution in [0.25, 0.3) is 0 Å². The van der Waals surface area contributed by atoms with Gasteiger partial charge >= 0.3 is 0 Å². The minimum Gasteiger partial charge on any atom is -0.323 e. The Kier molecular flexibility index (Phi) is 34.8. The van der Waals surface area contributed by atoms with Crippen molar-refractivity contribution in [3.05, 3.63) is 0 Å². The minimum absolute atomic E-state index is 0.606. The Labute approximate surface area is 72.1 Å². The normalized spacial score (nSPS) is 8.36. The van der Waals surface area contributed by atoms with Gasteiger partial charge in [0.15, 0.2) is 0 Å². The average Bonchev–Trinajstić information content (AvgIpc) is 1.93. The maximum Gasteiger partial charge on any atom is 0.0273 e. The molecule has 0 saturated carbocycles. The summed E-state index contributed by atoms with van der Waals surface area (Å²) in [5.41, 5.74) is 0. The van der Waals surface area contributed by atoms with E-state index in [1.165, 1.54) is 0 Å². The van der Waals surface area contributed by atoms with Crippen molar-refractivity contribution >= 4 is 6.21 Å². The molecule has 70 valence electrons. The molecule has 2 nitrogen and oxygen atoms in total. The molecule has 2 heteroatoms. The third-order valence-electron chi connectivity index (χ3n) is 0.447. The number of nitrogens with one attached hydrogen (secondary N) is 1. The van der Waals surface area contributed by atoms with Gasteiger partial charge in [-0.25, -0.2) is 0 Å². The summed E-state index contributed by atoms with van der Waals surface area (Å²) in [4.78, 5) is 3.81. The fraction of sp³-hybridized carbons (Fsp3) is 0.889. The highest BCUT2D eigenvalue weighted by Crippen LogP contribution is 1.81. The topological polar surface area (TPSA) is 24.4 Å². The number of aliphatic imine (C=N–C) groups is 1. The Morgan fingerprint density at radius 3 is 1.45 bits per heavy atom. The standard InChI is InChI=1S/C5H11N.C2H7N.C2H6/c1-5(2)4-6-3;1-3-2;1-2/h4-5H,1-3H3;3H,1-2H3;1-2H3. The average molecular weight is 160 g/mol. The Balaban J connectivity index is -0.000000109. The van der Waals surface area contributed by atoms with Crippen LogP contribution in [0.3, 0.4) is 0 Å². The maximum absolute atomic E-state index is 3.81. The van der Waals surface area contributed by atoms with E-state index >= 15 is 0 Å². The molecule has 0 aromatic heterocycles. The Bertz CT molecular complexity index is 58.6. The SMILES string of the molecule is CC.CN=CC(C)C.CNC. The fourth-order valence-corrected chi connectivity index (χ4v) is 0.298. The molecule has 0 saturated heterocycles. The van der Waals surface area contributed by atoms with Gasteiger partial charge in [-0.1, -0.05) is 27.7 Å². The van der Waals surface area contributed by atoms with Gasteiger partial charge < -0.3 is 10.3 Å². The van der Waals surface area contributed by atoms with Crippen LogP contribution in [0.1, 0.15) is 27.7 Å². The van der Waals surface area contributed by atoms with Crippen LogP contribution in [-0.4, -0.2) is 27.4 Å². The zero-order valence-corrected chi connectivity index (χ0v) is 9.10. The van der Waals surface area contributed by atoms with Crippen LogP contribution in [0, 0.1) is 5.92 Å². The van der Waals surface area contributed by atoms with Crippen molar-refractivity contribution in [2.45, 2.75) is 27.7 Å². The van der Waals surface area contributed by atoms with Crippen molar-refractivity contribution in [1.29, 1.82) is 0 Å². The van der Waals surface area contributed by atoms with E-state index in [-0.39, 0.29) is 0 Å². The second-order valence-corrected chi connectivity index (χ2v) is 2.15. The van der Waals surface area contributed by atoms with E-state index in [9.17, 15) is 0 Å². The minimum atomic E-state index is 0.606. The largest absolute Gasteiger partial charge is 0.323 e. The fourth-order valence-electron chi connectivity index (χ4n) is 0.298. The van der Waals surface area contributed by atoms with Crippen LogP contribution in [-0.2, 0) is 0 Å². The lowest BCUT2D eigenvalue weighted by atomic mass is 10.3. The molecule has 0 aliphatic rings. The molecule has 0 aliphatic carbocycles. The Hall–Kier alpha value is -0.370. The first-order valence-electron chi connectivity index (χ1n) is 4.19. The van der Waals surface area contributed by atoms with Crippen LogP contribution in [0.4, 0.5) is 0 Å². The monoisotopic (exact) mass is 160 g/mol. The number of hydrogen-bond acceptors (Lipinski definition) is 2. The zero-order valence-electron chi connectivity index (χ0n) is 9.10. The lowest BCUT2D eigenvalue weighted by Crippen LogP contribution is -1.89. The first-order valence-corrected chi connectivity index (χ1v) is 4.19. The zero-order chi connectivity index (χ0) is 9.70.